The Morgan fingerprint density at radius 2 is 1.73 bits per heavy atom. The van der Waals surface area contributed by atoms with Gasteiger partial charge in [-0.05, 0) is 24.6 Å². The molecule has 1 heterocycles. The number of carbonyl (C=O) groups excluding carboxylic acids is 3. The first-order chi connectivity index (χ1) is 14.5. The van der Waals surface area contributed by atoms with Gasteiger partial charge in [0, 0.05) is 12.4 Å². The SMILES string of the molecule is C[C@@H](NC(=O)c1ccccc1NC(=O)COC(=O)c1cnccn1)c1ccccc1. The molecule has 2 N–H and O–H groups in total. The molecule has 0 radical (unpaired) electrons. The highest BCUT2D eigenvalue weighted by molar-refractivity contribution is 6.04. The first kappa shape index (κ1) is 20.7. The number of hydrogen-bond donors (Lipinski definition) is 2. The Labute approximate surface area is 173 Å². The van der Waals surface area contributed by atoms with E-state index >= 15 is 0 Å². The Kier molecular flexibility index (Phi) is 6.83. The maximum atomic E-state index is 12.7. The van der Waals surface area contributed by atoms with Crippen molar-refractivity contribution in [2.45, 2.75) is 13.0 Å². The van der Waals surface area contributed by atoms with E-state index in [0.717, 1.165) is 5.56 Å². The average Bonchev–Trinajstić information content (AvgIpc) is 2.79. The Bertz CT molecular complexity index is 1030. The van der Waals surface area contributed by atoms with Crippen LogP contribution in [0.3, 0.4) is 0 Å². The van der Waals surface area contributed by atoms with Crippen LogP contribution in [0.1, 0.15) is 39.4 Å². The van der Waals surface area contributed by atoms with E-state index in [1.165, 1.54) is 18.6 Å². The van der Waals surface area contributed by atoms with Crippen molar-refractivity contribution in [3.8, 4) is 0 Å². The number of para-hydroxylation sites is 1. The van der Waals surface area contributed by atoms with E-state index in [1.54, 1.807) is 24.3 Å². The predicted octanol–water partition coefficient (Wildman–Crippen LogP) is 2.76. The number of aromatic nitrogens is 2. The molecule has 3 aromatic rings. The average molecular weight is 404 g/mol. The van der Waals surface area contributed by atoms with E-state index in [9.17, 15) is 14.4 Å². The molecule has 0 spiro atoms. The highest BCUT2D eigenvalue weighted by Crippen LogP contribution is 2.18. The second-order valence-corrected chi connectivity index (χ2v) is 6.37. The van der Waals surface area contributed by atoms with Crippen LogP contribution < -0.4 is 10.6 Å². The molecule has 0 unspecified atom stereocenters. The summed E-state index contributed by atoms with van der Waals surface area (Å²) in [6.45, 7) is 1.35. The summed E-state index contributed by atoms with van der Waals surface area (Å²) in [4.78, 5) is 44.4. The third kappa shape index (κ3) is 5.48. The molecule has 1 atom stereocenters. The highest BCUT2D eigenvalue weighted by atomic mass is 16.5. The maximum absolute atomic E-state index is 12.7. The molecule has 3 rings (SSSR count). The van der Waals surface area contributed by atoms with Crippen molar-refractivity contribution in [3.63, 3.8) is 0 Å². The summed E-state index contributed by atoms with van der Waals surface area (Å²) >= 11 is 0. The van der Waals surface area contributed by atoms with Crippen molar-refractivity contribution in [1.82, 2.24) is 15.3 Å². The lowest BCUT2D eigenvalue weighted by atomic mass is 10.1. The number of rotatable bonds is 7. The van der Waals surface area contributed by atoms with Crippen LogP contribution in [-0.2, 0) is 9.53 Å². The number of hydrogen-bond acceptors (Lipinski definition) is 6. The molecule has 0 aliphatic heterocycles. The van der Waals surface area contributed by atoms with Crippen LogP contribution in [-0.4, -0.2) is 34.4 Å². The third-order valence-corrected chi connectivity index (χ3v) is 4.20. The van der Waals surface area contributed by atoms with Crippen molar-refractivity contribution in [3.05, 3.63) is 90.0 Å². The summed E-state index contributed by atoms with van der Waals surface area (Å²) in [5.41, 5.74) is 1.58. The third-order valence-electron chi connectivity index (χ3n) is 4.20. The van der Waals surface area contributed by atoms with E-state index in [1.807, 2.05) is 37.3 Å². The van der Waals surface area contributed by atoms with Crippen molar-refractivity contribution in [1.29, 1.82) is 0 Å². The van der Waals surface area contributed by atoms with Crippen molar-refractivity contribution < 1.29 is 19.1 Å². The van der Waals surface area contributed by atoms with Gasteiger partial charge in [0.05, 0.1) is 23.5 Å². The lowest BCUT2D eigenvalue weighted by Gasteiger charge is -2.16. The lowest BCUT2D eigenvalue weighted by Crippen LogP contribution is -2.28. The molecule has 2 aromatic carbocycles. The first-order valence-electron chi connectivity index (χ1n) is 9.22. The zero-order valence-electron chi connectivity index (χ0n) is 16.2. The van der Waals surface area contributed by atoms with Gasteiger partial charge in [0.25, 0.3) is 11.8 Å². The van der Waals surface area contributed by atoms with Gasteiger partial charge in [0.15, 0.2) is 12.3 Å². The van der Waals surface area contributed by atoms with Gasteiger partial charge in [-0.3, -0.25) is 14.6 Å². The summed E-state index contributed by atoms with van der Waals surface area (Å²) in [5.74, 6) is -1.68. The normalized spacial score (nSPS) is 11.2. The van der Waals surface area contributed by atoms with Gasteiger partial charge in [-0.15, -0.1) is 0 Å². The fourth-order valence-corrected chi connectivity index (χ4v) is 2.69. The van der Waals surface area contributed by atoms with Crippen molar-refractivity contribution in [2.24, 2.45) is 0 Å². The van der Waals surface area contributed by atoms with Crippen LogP contribution in [0.4, 0.5) is 5.69 Å². The molecule has 0 saturated heterocycles. The van der Waals surface area contributed by atoms with E-state index in [4.69, 9.17) is 4.74 Å². The van der Waals surface area contributed by atoms with E-state index in [0.29, 0.717) is 11.3 Å². The van der Waals surface area contributed by atoms with Crippen molar-refractivity contribution >= 4 is 23.5 Å². The molecule has 0 fully saturated rings. The minimum atomic E-state index is -0.763. The van der Waals surface area contributed by atoms with E-state index in [-0.39, 0.29) is 17.6 Å². The first-order valence-corrected chi connectivity index (χ1v) is 9.22. The summed E-state index contributed by atoms with van der Waals surface area (Å²) < 4.78 is 4.93. The molecule has 1 aromatic heterocycles. The molecular formula is C22H20N4O4. The minimum absolute atomic E-state index is 0.0000208. The largest absolute Gasteiger partial charge is 0.451 e. The maximum Gasteiger partial charge on any atom is 0.359 e. The highest BCUT2D eigenvalue weighted by Gasteiger charge is 2.17. The smallest absolute Gasteiger partial charge is 0.359 e. The number of benzene rings is 2. The summed E-state index contributed by atoms with van der Waals surface area (Å²) in [7, 11) is 0. The number of ether oxygens (including phenoxy) is 1. The number of esters is 1. The minimum Gasteiger partial charge on any atom is -0.451 e. The monoisotopic (exact) mass is 404 g/mol. The Morgan fingerprint density at radius 3 is 2.47 bits per heavy atom. The molecule has 2 amide bonds. The fraction of sp³-hybridized carbons (Fsp3) is 0.136. The zero-order valence-corrected chi connectivity index (χ0v) is 16.2. The van der Waals surface area contributed by atoms with Crippen molar-refractivity contribution in [2.75, 3.05) is 11.9 Å². The second kappa shape index (κ2) is 9.92. The predicted molar refractivity (Wildman–Crippen MR) is 110 cm³/mol. The van der Waals surface area contributed by atoms with Crippen LogP contribution in [0.2, 0.25) is 0 Å². The van der Waals surface area contributed by atoms with Crippen LogP contribution in [0.5, 0.6) is 0 Å². The standard InChI is InChI=1S/C22H20N4O4/c1-15(16-7-3-2-4-8-16)25-21(28)17-9-5-6-10-18(17)26-20(27)14-30-22(29)19-13-23-11-12-24-19/h2-13,15H,14H2,1H3,(H,25,28)(H,26,27)/t15-/m1/s1. The number of anilines is 1. The number of amides is 2. The van der Waals surface area contributed by atoms with Crippen LogP contribution in [0, 0.1) is 0 Å². The summed E-state index contributed by atoms with van der Waals surface area (Å²) in [6, 6.07) is 15.9. The number of carbonyl (C=O) groups is 3. The van der Waals surface area contributed by atoms with Crippen LogP contribution in [0.15, 0.2) is 73.2 Å². The summed E-state index contributed by atoms with van der Waals surface area (Å²) in [5, 5.41) is 5.51. The molecule has 0 aliphatic rings. The molecule has 0 saturated carbocycles. The van der Waals surface area contributed by atoms with Gasteiger partial charge in [-0.2, -0.15) is 0 Å². The zero-order chi connectivity index (χ0) is 21.3. The molecule has 0 aliphatic carbocycles. The fourth-order valence-electron chi connectivity index (χ4n) is 2.69. The van der Waals surface area contributed by atoms with Gasteiger partial charge in [-0.25, -0.2) is 9.78 Å². The van der Waals surface area contributed by atoms with E-state index < -0.39 is 18.5 Å². The summed E-state index contributed by atoms with van der Waals surface area (Å²) in [6.07, 6.45) is 4.01. The Morgan fingerprint density at radius 1 is 1.00 bits per heavy atom. The number of nitrogens with zero attached hydrogens (tertiary/aromatic N) is 2. The van der Waals surface area contributed by atoms with Gasteiger partial charge < -0.3 is 15.4 Å². The molecule has 152 valence electrons. The molecule has 30 heavy (non-hydrogen) atoms. The Hall–Kier alpha value is -4.07. The molecule has 0 bridgehead atoms. The van der Waals surface area contributed by atoms with Gasteiger partial charge in [0.1, 0.15) is 0 Å². The van der Waals surface area contributed by atoms with Gasteiger partial charge in [0.2, 0.25) is 0 Å². The van der Waals surface area contributed by atoms with E-state index in [2.05, 4.69) is 20.6 Å². The quantitative estimate of drug-likeness (QED) is 0.586. The van der Waals surface area contributed by atoms with Gasteiger partial charge in [-0.1, -0.05) is 42.5 Å². The lowest BCUT2D eigenvalue weighted by molar-refractivity contribution is -0.119. The Balaban J connectivity index is 1.61. The topological polar surface area (TPSA) is 110 Å². The molecular weight excluding hydrogens is 384 g/mol. The second-order valence-electron chi connectivity index (χ2n) is 6.37. The van der Waals surface area contributed by atoms with Crippen LogP contribution in [0.25, 0.3) is 0 Å². The molecule has 8 heteroatoms. The van der Waals surface area contributed by atoms with Crippen LogP contribution >= 0.6 is 0 Å². The molecule has 8 nitrogen and oxygen atoms in total. The number of nitrogens with one attached hydrogen (secondary N) is 2. The van der Waals surface area contributed by atoms with Gasteiger partial charge >= 0.3 is 5.97 Å².